The first-order valence-corrected chi connectivity index (χ1v) is 6.14. The fourth-order valence-electron chi connectivity index (χ4n) is 2.31. The van der Waals surface area contributed by atoms with Gasteiger partial charge in [-0.15, -0.1) is 0 Å². The predicted molar refractivity (Wildman–Crippen MR) is 67.2 cm³/mol. The second kappa shape index (κ2) is 4.29. The summed E-state index contributed by atoms with van der Waals surface area (Å²) in [6, 6.07) is 0. The Bertz CT molecular complexity index is 585. The van der Waals surface area contributed by atoms with E-state index in [-0.39, 0.29) is 5.91 Å². The van der Waals surface area contributed by atoms with Gasteiger partial charge in [0.25, 0.3) is 5.91 Å². The van der Waals surface area contributed by atoms with E-state index in [1.165, 1.54) is 6.42 Å². The summed E-state index contributed by atoms with van der Waals surface area (Å²) >= 11 is 0. The zero-order chi connectivity index (χ0) is 12.5. The molecule has 0 aliphatic carbocycles. The molecule has 2 aromatic heterocycles. The van der Waals surface area contributed by atoms with Crippen LogP contribution in [-0.4, -0.2) is 38.5 Å². The number of aromatic nitrogens is 3. The van der Waals surface area contributed by atoms with Crippen molar-refractivity contribution in [2.75, 3.05) is 18.8 Å². The lowest BCUT2D eigenvalue weighted by molar-refractivity contribution is 0.0726. The van der Waals surface area contributed by atoms with Crippen LogP contribution in [0.4, 0.5) is 5.69 Å². The minimum atomic E-state index is 0.0157. The van der Waals surface area contributed by atoms with Gasteiger partial charge in [0, 0.05) is 13.1 Å². The fraction of sp³-hybridized carbons (Fsp3) is 0.417. The number of nitrogen functional groups attached to an aromatic ring is 1. The van der Waals surface area contributed by atoms with Crippen LogP contribution in [0.2, 0.25) is 0 Å². The van der Waals surface area contributed by atoms with E-state index < -0.39 is 0 Å². The molecular formula is C12H15N5O. The molecule has 2 aromatic rings. The van der Waals surface area contributed by atoms with E-state index >= 15 is 0 Å². The molecule has 0 saturated carbocycles. The molecule has 3 rings (SSSR count). The second-order valence-corrected chi connectivity index (χ2v) is 4.57. The number of hydrogen-bond acceptors (Lipinski definition) is 4. The summed E-state index contributed by atoms with van der Waals surface area (Å²) in [6.45, 7) is 1.65. The summed E-state index contributed by atoms with van der Waals surface area (Å²) in [4.78, 5) is 18.4. The molecule has 1 saturated heterocycles. The number of rotatable bonds is 1. The molecule has 0 atom stereocenters. The number of piperidine rings is 1. The largest absolute Gasteiger partial charge is 0.396 e. The Balaban J connectivity index is 1.96. The zero-order valence-corrected chi connectivity index (χ0v) is 10.0. The Labute approximate surface area is 104 Å². The van der Waals surface area contributed by atoms with Crippen LogP contribution in [0.25, 0.3) is 5.65 Å². The van der Waals surface area contributed by atoms with Crippen molar-refractivity contribution in [3.63, 3.8) is 0 Å². The third-order valence-corrected chi connectivity index (χ3v) is 3.25. The maximum Gasteiger partial charge on any atom is 0.259 e. The van der Waals surface area contributed by atoms with Crippen molar-refractivity contribution in [2.45, 2.75) is 19.3 Å². The minimum Gasteiger partial charge on any atom is -0.396 e. The van der Waals surface area contributed by atoms with Gasteiger partial charge in [0.15, 0.2) is 5.65 Å². The number of carbonyl (C=O) groups excluding carboxylic acids is 1. The van der Waals surface area contributed by atoms with Crippen molar-refractivity contribution in [1.82, 2.24) is 19.5 Å². The first-order chi connectivity index (χ1) is 8.75. The first kappa shape index (κ1) is 11.0. The van der Waals surface area contributed by atoms with Crippen LogP contribution in [0.1, 0.15) is 29.6 Å². The van der Waals surface area contributed by atoms with Gasteiger partial charge in [-0.05, 0) is 19.3 Å². The highest BCUT2D eigenvalue weighted by Crippen LogP contribution is 2.16. The molecule has 0 radical (unpaired) electrons. The molecule has 1 aliphatic heterocycles. The molecule has 18 heavy (non-hydrogen) atoms. The van der Waals surface area contributed by atoms with Crippen LogP contribution in [-0.2, 0) is 0 Å². The zero-order valence-electron chi connectivity index (χ0n) is 10.0. The molecule has 1 amide bonds. The van der Waals surface area contributed by atoms with Crippen molar-refractivity contribution < 1.29 is 4.79 Å². The molecule has 6 nitrogen and oxygen atoms in total. The average molecular weight is 245 g/mol. The molecule has 0 unspecified atom stereocenters. The highest BCUT2D eigenvalue weighted by molar-refractivity contribution is 5.99. The standard InChI is InChI=1S/C12H15N5O/c13-9-6-14-11-10(7-15-17(11)8-9)12(18)16-4-2-1-3-5-16/h6-8H,1-5,13H2. The smallest absolute Gasteiger partial charge is 0.259 e. The summed E-state index contributed by atoms with van der Waals surface area (Å²) in [5, 5.41) is 4.12. The summed E-state index contributed by atoms with van der Waals surface area (Å²) in [5.74, 6) is 0.0157. The van der Waals surface area contributed by atoms with Crippen molar-refractivity contribution >= 4 is 17.2 Å². The molecule has 0 spiro atoms. The molecular weight excluding hydrogens is 230 g/mol. The van der Waals surface area contributed by atoms with Crippen LogP contribution < -0.4 is 5.73 Å². The van der Waals surface area contributed by atoms with Gasteiger partial charge < -0.3 is 10.6 Å². The summed E-state index contributed by atoms with van der Waals surface area (Å²) in [7, 11) is 0. The number of carbonyl (C=O) groups is 1. The Kier molecular flexibility index (Phi) is 2.62. The highest BCUT2D eigenvalue weighted by Gasteiger charge is 2.22. The van der Waals surface area contributed by atoms with E-state index in [0.29, 0.717) is 16.9 Å². The SMILES string of the molecule is Nc1cnc2c(C(=O)N3CCCCC3)cnn2c1. The summed E-state index contributed by atoms with van der Waals surface area (Å²) < 4.78 is 1.55. The van der Waals surface area contributed by atoms with Gasteiger partial charge in [-0.3, -0.25) is 4.79 Å². The van der Waals surface area contributed by atoms with Gasteiger partial charge in [0.05, 0.1) is 24.3 Å². The third-order valence-electron chi connectivity index (χ3n) is 3.25. The molecule has 3 heterocycles. The van der Waals surface area contributed by atoms with Gasteiger partial charge in [-0.2, -0.15) is 5.10 Å². The van der Waals surface area contributed by atoms with Crippen molar-refractivity contribution in [1.29, 1.82) is 0 Å². The van der Waals surface area contributed by atoms with Gasteiger partial charge in [0.2, 0.25) is 0 Å². The number of likely N-dealkylation sites (tertiary alicyclic amines) is 1. The molecule has 6 heteroatoms. The van der Waals surface area contributed by atoms with Gasteiger partial charge >= 0.3 is 0 Å². The number of amides is 1. The maximum absolute atomic E-state index is 12.4. The van der Waals surface area contributed by atoms with E-state index in [9.17, 15) is 4.79 Å². The maximum atomic E-state index is 12.4. The molecule has 0 aromatic carbocycles. The molecule has 94 valence electrons. The quantitative estimate of drug-likeness (QED) is 0.811. The van der Waals surface area contributed by atoms with Crippen LogP contribution in [0, 0.1) is 0 Å². The number of nitrogens with zero attached hydrogens (tertiary/aromatic N) is 4. The topological polar surface area (TPSA) is 76.5 Å². The molecule has 0 bridgehead atoms. The van der Waals surface area contributed by atoms with Gasteiger partial charge in [0.1, 0.15) is 5.56 Å². The van der Waals surface area contributed by atoms with Gasteiger partial charge in [-0.1, -0.05) is 0 Å². The second-order valence-electron chi connectivity index (χ2n) is 4.57. The van der Waals surface area contributed by atoms with Crippen molar-refractivity contribution in [3.8, 4) is 0 Å². The molecule has 1 fully saturated rings. The Morgan fingerprint density at radius 1 is 1.22 bits per heavy atom. The molecule has 1 aliphatic rings. The normalized spacial score (nSPS) is 16.1. The monoisotopic (exact) mass is 245 g/mol. The van der Waals surface area contributed by atoms with Crippen LogP contribution in [0.5, 0.6) is 0 Å². The minimum absolute atomic E-state index is 0.0157. The number of fused-ring (bicyclic) bond motifs is 1. The van der Waals surface area contributed by atoms with Crippen LogP contribution in [0.3, 0.4) is 0 Å². The van der Waals surface area contributed by atoms with E-state index in [4.69, 9.17) is 5.73 Å². The summed E-state index contributed by atoms with van der Waals surface area (Å²) in [6.07, 6.45) is 8.13. The van der Waals surface area contributed by atoms with E-state index in [1.807, 2.05) is 4.90 Å². The van der Waals surface area contributed by atoms with Crippen LogP contribution in [0.15, 0.2) is 18.6 Å². The number of nitrogens with two attached hydrogens (primary N) is 1. The van der Waals surface area contributed by atoms with Gasteiger partial charge in [-0.25, -0.2) is 9.50 Å². The lowest BCUT2D eigenvalue weighted by Gasteiger charge is -2.26. The lowest BCUT2D eigenvalue weighted by Crippen LogP contribution is -2.35. The Hall–Kier alpha value is -2.11. The number of anilines is 1. The average Bonchev–Trinajstić information content (AvgIpc) is 2.81. The Morgan fingerprint density at radius 3 is 2.78 bits per heavy atom. The lowest BCUT2D eigenvalue weighted by atomic mass is 10.1. The van der Waals surface area contributed by atoms with E-state index in [1.54, 1.807) is 23.1 Å². The molecule has 2 N–H and O–H groups in total. The fourth-order valence-corrected chi connectivity index (χ4v) is 2.31. The van der Waals surface area contributed by atoms with E-state index in [0.717, 1.165) is 25.9 Å². The predicted octanol–water partition coefficient (Wildman–Crippen LogP) is 0.938. The summed E-state index contributed by atoms with van der Waals surface area (Å²) in [5.41, 5.74) is 7.29. The van der Waals surface area contributed by atoms with Crippen LogP contribution >= 0.6 is 0 Å². The Morgan fingerprint density at radius 2 is 2.00 bits per heavy atom. The van der Waals surface area contributed by atoms with Crippen molar-refractivity contribution in [3.05, 3.63) is 24.2 Å². The third kappa shape index (κ3) is 1.79. The highest BCUT2D eigenvalue weighted by atomic mass is 16.2. The number of hydrogen-bond donors (Lipinski definition) is 1. The van der Waals surface area contributed by atoms with Crippen molar-refractivity contribution in [2.24, 2.45) is 0 Å². The van der Waals surface area contributed by atoms with E-state index in [2.05, 4.69) is 10.1 Å². The first-order valence-electron chi connectivity index (χ1n) is 6.14.